The fraction of sp³-hybridized carbons (Fsp3) is 0.250. The van der Waals surface area contributed by atoms with Crippen LogP contribution < -0.4 is 0 Å². The lowest BCUT2D eigenvalue weighted by molar-refractivity contribution is 0.202. The lowest BCUT2D eigenvalue weighted by atomic mass is 10.9. The topological polar surface area (TPSA) is 13.6 Å². The zero-order valence-corrected chi connectivity index (χ0v) is 4.87. The highest BCUT2D eigenvalue weighted by Crippen LogP contribution is 2.11. The van der Waals surface area contributed by atoms with Crippen LogP contribution in [0, 0.1) is 6.57 Å². The molecule has 4 heteroatoms. The molecule has 0 saturated carbocycles. The maximum atomic E-state index is 11.8. The molecular formula is C4H3ClFNO. The maximum Gasteiger partial charge on any atom is 0.322 e. The van der Waals surface area contributed by atoms with Gasteiger partial charge in [-0.05, 0) is 0 Å². The summed E-state index contributed by atoms with van der Waals surface area (Å²) in [4.78, 5) is 2.55. The molecule has 0 heterocycles. The summed E-state index contributed by atoms with van der Waals surface area (Å²) >= 11 is 4.94. The highest BCUT2D eigenvalue weighted by Gasteiger charge is 1.99. The molecule has 0 atom stereocenters. The zero-order chi connectivity index (χ0) is 6.57. The minimum absolute atomic E-state index is 0.576. The van der Waals surface area contributed by atoms with E-state index in [-0.39, 0.29) is 0 Å². The van der Waals surface area contributed by atoms with Crippen molar-refractivity contribution in [1.29, 1.82) is 0 Å². The smallest absolute Gasteiger partial charge is 0.322 e. The van der Waals surface area contributed by atoms with Crippen LogP contribution in [0.5, 0.6) is 0 Å². The van der Waals surface area contributed by atoms with Crippen molar-refractivity contribution in [3.8, 4) is 0 Å². The second kappa shape index (κ2) is 3.28. The quantitative estimate of drug-likeness (QED) is 0.304. The first-order chi connectivity index (χ1) is 3.72. The van der Waals surface area contributed by atoms with Gasteiger partial charge < -0.3 is 4.74 Å². The third kappa shape index (κ3) is 1.80. The normalized spacial score (nSPS) is 11.8. The number of halogens is 2. The van der Waals surface area contributed by atoms with Gasteiger partial charge in [-0.3, -0.25) is 0 Å². The van der Waals surface area contributed by atoms with Crippen LogP contribution in [0.15, 0.2) is 11.2 Å². The molecule has 0 amide bonds. The predicted molar refractivity (Wildman–Crippen MR) is 27.6 cm³/mol. The fourth-order valence-corrected chi connectivity index (χ4v) is 0.205. The number of rotatable bonds is 1. The van der Waals surface area contributed by atoms with Crippen molar-refractivity contribution >= 4 is 11.6 Å². The summed E-state index contributed by atoms with van der Waals surface area (Å²) in [5, 5.41) is -0.576. The Kier molecular flexibility index (Phi) is 2.97. The average molecular weight is 136 g/mol. The van der Waals surface area contributed by atoms with Crippen LogP contribution in [0.25, 0.3) is 4.85 Å². The van der Waals surface area contributed by atoms with Crippen molar-refractivity contribution in [3.05, 3.63) is 22.6 Å². The largest absolute Gasteiger partial charge is 0.481 e. The molecule has 0 aromatic carbocycles. The molecule has 0 radical (unpaired) electrons. The minimum atomic E-state index is -1.04. The molecule has 0 aliphatic carbocycles. The summed E-state index contributed by atoms with van der Waals surface area (Å²) < 4.78 is 15.8. The summed E-state index contributed by atoms with van der Waals surface area (Å²) in [5.74, 6) is 0. The van der Waals surface area contributed by atoms with Gasteiger partial charge in [0.25, 0.3) is 6.01 Å². The third-order valence-electron chi connectivity index (χ3n) is 0.440. The van der Waals surface area contributed by atoms with Crippen LogP contribution in [0.2, 0.25) is 0 Å². The van der Waals surface area contributed by atoms with Crippen molar-refractivity contribution < 1.29 is 9.13 Å². The van der Waals surface area contributed by atoms with Crippen LogP contribution in [0.4, 0.5) is 4.39 Å². The lowest BCUT2D eigenvalue weighted by Crippen LogP contribution is -1.76. The summed E-state index contributed by atoms with van der Waals surface area (Å²) in [6.07, 6.45) is 0. The van der Waals surface area contributed by atoms with E-state index in [2.05, 4.69) is 9.58 Å². The summed E-state index contributed by atoms with van der Waals surface area (Å²) in [5.41, 5.74) is 0. The summed E-state index contributed by atoms with van der Waals surface area (Å²) in [6.45, 7) is 6.16. The zero-order valence-electron chi connectivity index (χ0n) is 4.11. The Labute approximate surface area is 51.3 Å². The standard InChI is InChI=1S/C4H3ClFNO/c1-7-3(5)4(6)8-2/h2H3/b4-3-. The Morgan fingerprint density at radius 2 is 2.38 bits per heavy atom. The number of methoxy groups -OCH3 is 1. The van der Waals surface area contributed by atoms with Gasteiger partial charge in [0.05, 0.1) is 13.7 Å². The fourth-order valence-electron chi connectivity index (χ4n) is 0.128. The second-order valence-corrected chi connectivity index (χ2v) is 1.24. The van der Waals surface area contributed by atoms with Crippen molar-refractivity contribution in [2.45, 2.75) is 0 Å². The molecule has 0 aromatic heterocycles. The SMILES string of the molecule is [C-]#[N+]/C(Cl)=C(/F)OC. The van der Waals surface area contributed by atoms with Gasteiger partial charge in [0.1, 0.15) is 0 Å². The Balaban J connectivity index is 4.10. The van der Waals surface area contributed by atoms with Gasteiger partial charge in [0.15, 0.2) is 0 Å². The van der Waals surface area contributed by atoms with Crippen LogP contribution in [-0.2, 0) is 4.74 Å². The van der Waals surface area contributed by atoms with Crippen LogP contribution >= 0.6 is 11.6 Å². The van der Waals surface area contributed by atoms with E-state index in [1.807, 2.05) is 0 Å². The van der Waals surface area contributed by atoms with Gasteiger partial charge in [-0.1, -0.05) is 0 Å². The van der Waals surface area contributed by atoms with E-state index in [0.717, 1.165) is 7.11 Å². The molecule has 0 N–H and O–H groups in total. The Bertz CT molecular complexity index is 149. The Hall–Kier alpha value is -0.750. The molecule has 0 fully saturated rings. The van der Waals surface area contributed by atoms with Gasteiger partial charge in [-0.25, -0.2) is 4.85 Å². The maximum absolute atomic E-state index is 11.8. The van der Waals surface area contributed by atoms with E-state index in [1.165, 1.54) is 0 Å². The number of ether oxygens (including phenoxy) is 1. The molecule has 2 nitrogen and oxygen atoms in total. The van der Waals surface area contributed by atoms with Gasteiger partial charge in [-0.2, -0.15) is 4.39 Å². The molecule has 0 unspecified atom stereocenters. The molecule has 44 valence electrons. The molecular weight excluding hydrogens is 133 g/mol. The van der Waals surface area contributed by atoms with Crippen molar-refractivity contribution in [2.24, 2.45) is 0 Å². The first-order valence-electron chi connectivity index (χ1n) is 1.69. The van der Waals surface area contributed by atoms with E-state index in [9.17, 15) is 4.39 Å². The molecule has 0 saturated heterocycles. The van der Waals surface area contributed by atoms with Crippen molar-refractivity contribution in [2.75, 3.05) is 7.11 Å². The van der Waals surface area contributed by atoms with E-state index >= 15 is 0 Å². The number of hydrogen-bond acceptors (Lipinski definition) is 1. The first-order valence-corrected chi connectivity index (χ1v) is 2.07. The van der Waals surface area contributed by atoms with Crippen LogP contribution in [-0.4, -0.2) is 7.11 Å². The van der Waals surface area contributed by atoms with Gasteiger partial charge in [-0.15, -0.1) is 11.6 Å². The van der Waals surface area contributed by atoms with E-state index in [1.54, 1.807) is 0 Å². The van der Waals surface area contributed by atoms with Crippen molar-refractivity contribution in [3.63, 3.8) is 0 Å². The number of hydrogen-bond donors (Lipinski definition) is 0. The highest BCUT2D eigenvalue weighted by molar-refractivity contribution is 6.30. The average Bonchev–Trinajstić information content (AvgIpc) is 1.84. The molecule has 0 aliphatic heterocycles. The van der Waals surface area contributed by atoms with E-state index < -0.39 is 11.2 Å². The van der Waals surface area contributed by atoms with Gasteiger partial charge >= 0.3 is 5.16 Å². The van der Waals surface area contributed by atoms with E-state index in [4.69, 9.17) is 18.2 Å². The minimum Gasteiger partial charge on any atom is -0.481 e. The number of nitrogens with zero attached hydrogens (tertiary/aromatic N) is 1. The highest BCUT2D eigenvalue weighted by atomic mass is 35.5. The molecule has 0 bridgehead atoms. The van der Waals surface area contributed by atoms with Crippen LogP contribution in [0.3, 0.4) is 0 Å². The van der Waals surface area contributed by atoms with Gasteiger partial charge in [0, 0.05) is 0 Å². The predicted octanol–water partition coefficient (Wildman–Crippen LogP) is 1.89. The molecule has 0 aliphatic rings. The molecule has 0 aromatic rings. The van der Waals surface area contributed by atoms with Crippen LogP contribution in [0.1, 0.15) is 0 Å². The summed E-state index contributed by atoms with van der Waals surface area (Å²) in [6, 6.07) is -1.04. The molecule has 0 spiro atoms. The van der Waals surface area contributed by atoms with E-state index in [0.29, 0.717) is 0 Å². The summed E-state index contributed by atoms with van der Waals surface area (Å²) in [7, 11) is 1.10. The second-order valence-electron chi connectivity index (χ2n) is 0.880. The third-order valence-corrected chi connectivity index (χ3v) is 0.673. The lowest BCUT2D eigenvalue weighted by Gasteiger charge is -1.89. The molecule has 8 heavy (non-hydrogen) atoms. The first kappa shape index (κ1) is 7.25. The monoisotopic (exact) mass is 135 g/mol. The van der Waals surface area contributed by atoms with Gasteiger partial charge in [0.2, 0.25) is 0 Å². The Morgan fingerprint density at radius 1 is 1.88 bits per heavy atom. The Morgan fingerprint density at radius 3 is 2.50 bits per heavy atom. The van der Waals surface area contributed by atoms with Crippen molar-refractivity contribution in [1.82, 2.24) is 0 Å². The molecule has 0 rings (SSSR count).